The first-order chi connectivity index (χ1) is 16.8. The molecule has 0 radical (unpaired) electrons. The molecule has 0 atom stereocenters. The van der Waals surface area contributed by atoms with Crippen molar-refractivity contribution in [1.82, 2.24) is 25.1 Å². The molecule has 1 N–H and O–H groups in total. The van der Waals surface area contributed by atoms with E-state index in [4.69, 9.17) is 5.10 Å². The Morgan fingerprint density at radius 1 is 0.941 bits per heavy atom. The number of thiazole rings is 1. The van der Waals surface area contributed by atoms with E-state index in [1.807, 2.05) is 71.5 Å². The van der Waals surface area contributed by atoms with Gasteiger partial charge >= 0.3 is 0 Å². The van der Waals surface area contributed by atoms with Crippen LogP contribution >= 0.6 is 11.3 Å². The molecule has 3 heterocycles. The van der Waals surface area contributed by atoms with Gasteiger partial charge in [0.15, 0.2) is 0 Å². The number of nitrogens with zero attached hydrogens (tertiary/aromatic N) is 4. The number of pyridine rings is 1. The quantitative estimate of drug-likeness (QED) is 0.288. The first-order valence-corrected chi connectivity index (χ1v) is 12.2. The van der Waals surface area contributed by atoms with Crippen LogP contribution in [-0.2, 0) is 17.8 Å². The minimum atomic E-state index is 0.0532. The number of hydrogen-bond acceptors (Lipinski definition) is 5. The second-order valence-corrected chi connectivity index (χ2v) is 9.19. The molecule has 2 aromatic carbocycles. The number of unbranched alkanes of at least 4 members (excludes halogenated alkanes) is 1. The molecular weight excluding hydrogens is 442 g/mol. The highest BCUT2D eigenvalue weighted by molar-refractivity contribution is 7.18. The van der Waals surface area contributed by atoms with Gasteiger partial charge in [-0.2, -0.15) is 5.10 Å². The van der Waals surface area contributed by atoms with E-state index in [1.165, 1.54) is 4.70 Å². The summed E-state index contributed by atoms with van der Waals surface area (Å²) in [5.41, 5.74) is 4.83. The summed E-state index contributed by atoms with van der Waals surface area (Å²) in [6.45, 7) is 0.432. The van der Waals surface area contributed by atoms with Crippen molar-refractivity contribution in [2.75, 3.05) is 0 Å². The summed E-state index contributed by atoms with van der Waals surface area (Å²) >= 11 is 1.74. The predicted octanol–water partition coefficient (Wildman–Crippen LogP) is 5.57. The average Bonchev–Trinajstić information content (AvgIpc) is 3.50. The monoisotopic (exact) mass is 467 g/mol. The van der Waals surface area contributed by atoms with Crippen LogP contribution in [0.2, 0.25) is 0 Å². The molecule has 170 valence electrons. The van der Waals surface area contributed by atoms with E-state index in [9.17, 15) is 4.79 Å². The van der Waals surface area contributed by atoms with Crippen molar-refractivity contribution in [2.45, 2.75) is 32.2 Å². The fraction of sp³-hybridized carbons (Fsp3) is 0.185. The van der Waals surface area contributed by atoms with Gasteiger partial charge in [-0.3, -0.25) is 9.78 Å². The van der Waals surface area contributed by atoms with Gasteiger partial charge in [-0.05, 0) is 55.7 Å². The van der Waals surface area contributed by atoms with Gasteiger partial charge in [0, 0.05) is 42.7 Å². The lowest BCUT2D eigenvalue weighted by Crippen LogP contribution is -2.22. The Kier molecular flexibility index (Phi) is 6.72. The predicted molar refractivity (Wildman–Crippen MR) is 136 cm³/mol. The molecule has 0 aliphatic heterocycles. The van der Waals surface area contributed by atoms with Crippen LogP contribution in [0.15, 0.2) is 85.3 Å². The van der Waals surface area contributed by atoms with Crippen LogP contribution in [0.25, 0.3) is 27.2 Å². The van der Waals surface area contributed by atoms with Crippen LogP contribution < -0.4 is 5.32 Å². The summed E-state index contributed by atoms with van der Waals surface area (Å²) in [5.74, 6) is 0.0532. The number of benzene rings is 2. The highest BCUT2D eigenvalue weighted by Gasteiger charge is 2.13. The number of fused-ring (bicyclic) bond motifs is 1. The van der Waals surface area contributed by atoms with Crippen LogP contribution in [0.5, 0.6) is 0 Å². The van der Waals surface area contributed by atoms with Gasteiger partial charge in [0.1, 0.15) is 0 Å². The average molecular weight is 468 g/mol. The smallest absolute Gasteiger partial charge is 0.220 e. The molecule has 0 unspecified atom stereocenters. The minimum Gasteiger partial charge on any atom is -0.352 e. The van der Waals surface area contributed by atoms with Gasteiger partial charge in [0.25, 0.3) is 0 Å². The second kappa shape index (κ2) is 10.4. The summed E-state index contributed by atoms with van der Waals surface area (Å²) in [4.78, 5) is 21.3. The van der Waals surface area contributed by atoms with Gasteiger partial charge in [-0.1, -0.05) is 30.3 Å². The zero-order valence-electron chi connectivity index (χ0n) is 18.7. The number of carbonyl (C=O) groups excluding carboxylic acids is 1. The van der Waals surface area contributed by atoms with Crippen molar-refractivity contribution in [3.05, 3.63) is 95.9 Å². The SMILES string of the molecule is O=C(CCCCc1nc2ccccc2s1)NCc1cn(-c2ccccc2)nc1-c1ccncc1. The fourth-order valence-electron chi connectivity index (χ4n) is 3.88. The summed E-state index contributed by atoms with van der Waals surface area (Å²) in [6, 6.07) is 22.0. The molecule has 0 saturated carbocycles. The molecule has 5 aromatic rings. The number of nitrogens with one attached hydrogen (secondary N) is 1. The van der Waals surface area contributed by atoms with Crippen molar-refractivity contribution in [2.24, 2.45) is 0 Å². The number of aromatic nitrogens is 4. The molecule has 34 heavy (non-hydrogen) atoms. The van der Waals surface area contributed by atoms with Crippen LogP contribution in [0.1, 0.15) is 29.8 Å². The second-order valence-electron chi connectivity index (χ2n) is 8.08. The fourth-order valence-corrected chi connectivity index (χ4v) is 4.88. The number of amides is 1. The Balaban J connectivity index is 1.18. The van der Waals surface area contributed by atoms with E-state index in [1.54, 1.807) is 23.7 Å². The van der Waals surface area contributed by atoms with Gasteiger partial charge in [0.2, 0.25) is 5.91 Å². The Labute approximate surface area is 202 Å². The normalized spacial score (nSPS) is 11.1. The summed E-state index contributed by atoms with van der Waals surface area (Å²) in [5, 5.41) is 9.00. The van der Waals surface area contributed by atoms with E-state index < -0.39 is 0 Å². The largest absolute Gasteiger partial charge is 0.352 e. The zero-order valence-corrected chi connectivity index (χ0v) is 19.5. The van der Waals surface area contributed by atoms with Crippen molar-refractivity contribution in [3.8, 4) is 16.9 Å². The minimum absolute atomic E-state index is 0.0532. The van der Waals surface area contributed by atoms with Crippen molar-refractivity contribution >= 4 is 27.5 Å². The lowest BCUT2D eigenvalue weighted by atomic mass is 10.1. The van der Waals surface area contributed by atoms with Gasteiger partial charge < -0.3 is 5.32 Å². The zero-order chi connectivity index (χ0) is 23.2. The number of carbonyl (C=O) groups is 1. The van der Waals surface area contributed by atoms with E-state index in [0.717, 1.165) is 52.3 Å². The summed E-state index contributed by atoms with van der Waals surface area (Å²) < 4.78 is 3.08. The molecule has 0 bridgehead atoms. The maximum atomic E-state index is 12.5. The maximum absolute atomic E-state index is 12.5. The third-order valence-corrected chi connectivity index (χ3v) is 6.72. The Morgan fingerprint density at radius 2 is 1.74 bits per heavy atom. The molecule has 0 saturated heterocycles. The number of para-hydroxylation sites is 2. The topological polar surface area (TPSA) is 72.7 Å². The number of rotatable bonds is 9. The van der Waals surface area contributed by atoms with Gasteiger partial charge in [-0.15, -0.1) is 11.3 Å². The van der Waals surface area contributed by atoms with Crippen molar-refractivity contribution in [1.29, 1.82) is 0 Å². The standard InChI is InChI=1S/C27H25N5OS/c33-25(12-6-7-13-26-30-23-10-4-5-11-24(23)34-26)29-18-21-19-32(22-8-2-1-3-9-22)31-27(21)20-14-16-28-17-15-20/h1-5,8-11,14-17,19H,6-7,12-13,18H2,(H,29,33). The third-order valence-electron chi connectivity index (χ3n) is 5.62. The van der Waals surface area contributed by atoms with Crippen LogP contribution in [0.3, 0.4) is 0 Å². The molecule has 0 spiro atoms. The van der Waals surface area contributed by atoms with E-state index in [2.05, 4.69) is 21.4 Å². The van der Waals surface area contributed by atoms with Gasteiger partial charge in [0.05, 0.1) is 26.6 Å². The molecule has 7 heteroatoms. The van der Waals surface area contributed by atoms with Crippen LogP contribution in [-0.4, -0.2) is 25.7 Å². The first kappa shape index (κ1) is 22.0. The van der Waals surface area contributed by atoms with E-state index in [0.29, 0.717) is 13.0 Å². The van der Waals surface area contributed by atoms with Crippen molar-refractivity contribution < 1.29 is 4.79 Å². The van der Waals surface area contributed by atoms with E-state index >= 15 is 0 Å². The Morgan fingerprint density at radius 3 is 2.56 bits per heavy atom. The Bertz CT molecular complexity index is 1350. The molecule has 0 fully saturated rings. The van der Waals surface area contributed by atoms with Gasteiger partial charge in [-0.25, -0.2) is 9.67 Å². The summed E-state index contributed by atoms with van der Waals surface area (Å²) in [6.07, 6.45) is 8.68. The number of aryl methyl sites for hydroxylation is 1. The molecule has 0 aliphatic carbocycles. The maximum Gasteiger partial charge on any atom is 0.220 e. The van der Waals surface area contributed by atoms with Crippen LogP contribution in [0.4, 0.5) is 0 Å². The van der Waals surface area contributed by atoms with Crippen LogP contribution in [0, 0.1) is 0 Å². The first-order valence-electron chi connectivity index (χ1n) is 11.4. The molecule has 0 aliphatic rings. The highest BCUT2D eigenvalue weighted by Crippen LogP contribution is 2.24. The molecular formula is C27H25N5OS. The molecule has 6 nitrogen and oxygen atoms in total. The lowest BCUT2D eigenvalue weighted by Gasteiger charge is -2.05. The lowest BCUT2D eigenvalue weighted by molar-refractivity contribution is -0.121. The van der Waals surface area contributed by atoms with Crippen molar-refractivity contribution in [3.63, 3.8) is 0 Å². The Hall–Kier alpha value is -3.84. The highest BCUT2D eigenvalue weighted by atomic mass is 32.1. The summed E-state index contributed by atoms with van der Waals surface area (Å²) in [7, 11) is 0. The molecule has 3 aromatic heterocycles. The third kappa shape index (κ3) is 5.21. The molecule has 5 rings (SSSR count). The number of hydrogen-bond donors (Lipinski definition) is 1. The van der Waals surface area contributed by atoms with E-state index in [-0.39, 0.29) is 5.91 Å². The molecule has 1 amide bonds.